The van der Waals surface area contributed by atoms with Crippen LogP contribution in [0.25, 0.3) is 11.2 Å². The van der Waals surface area contributed by atoms with Crippen molar-refractivity contribution in [2.45, 2.75) is 20.8 Å². The number of rotatable bonds is 1. The van der Waals surface area contributed by atoms with E-state index in [0.717, 1.165) is 16.8 Å². The molecule has 0 unspecified atom stereocenters. The third-order valence-electron chi connectivity index (χ3n) is 3.29. The van der Waals surface area contributed by atoms with Crippen LogP contribution < -0.4 is 21.2 Å². The van der Waals surface area contributed by atoms with Crippen molar-refractivity contribution >= 4 is 15.4 Å². The monoisotopic (exact) mass is 378 g/mol. The summed E-state index contributed by atoms with van der Waals surface area (Å²) in [5, 5.41) is 4.40. The van der Waals surface area contributed by atoms with E-state index in [-0.39, 0.29) is 26.6 Å². The van der Waals surface area contributed by atoms with E-state index in [1.165, 1.54) is 5.57 Å². The zero-order valence-corrected chi connectivity index (χ0v) is 14.0. The van der Waals surface area contributed by atoms with Crippen molar-refractivity contribution in [2.75, 3.05) is 0 Å². The van der Waals surface area contributed by atoms with Crippen molar-refractivity contribution in [3.05, 3.63) is 51.9 Å². The molecule has 4 heteroatoms. The summed E-state index contributed by atoms with van der Waals surface area (Å²) in [4.78, 5) is 4.66. The van der Waals surface area contributed by atoms with Gasteiger partial charge < -0.3 is 0 Å². The molecule has 0 spiro atoms. The van der Waals surface area contributed by atoms with E-state index < -0.39 is 0 Å². The fourth-order valence-electron chi connectivity index (χ4n) is 2.05. The average Bonchev–Trinajstić information content (AvgIpc) is 2.66. The molecule has 3 nitrogen and oxygen atoms in total. The molecule has 0 N–H and O–H groups in total. The number of hydrogen-bond acceptors (Lipinski definition) is 2. The fourth-order valence-corrected chi connectivity index (χ4v) is 4.18. The fraction of sp³-hybridized carbons (Fsp3) is 0.250. The normalized spacial score (nSPS) is 16.4. The van der Waals surface area contributed by atoms with Gasteiger partial charge in [0.1, 0.15) is 0 Å². The number of aliphatic imine (C=N–C) groups is 1. The van der Waals surface area contributed by atoms with Crippen LogP contribution >= 0.6 is 0 Å². The Bertz CT molecular complexity index is 730. The van der Waals surface area contributed by atoms with E-state index in [2.05, 4.69) is 51.3 Å². The first kappa shape index (κ1) is 13.5. The summed E-state index contributed by atoms with van der Waals surface area (Å²) in [5.41, 5.74) is 4.74. The second kappa shape index (κ2) is 5.16. The average molecular weight is 378 g/mol. The van der Waals surface area contributed by atoms with Gasteiger partial charge in [-0.1, -0.05) is 0 Å². The summed E-state index contributed by atoms with van der Waals surface area (Å²) in [7, 11) is 0. The maximum absolute atomic E-state index is 4.66. The molecule has 2 aromatic heterocycles. The van der Waals surface area contributed by atoms with E-state index in [4.69, 9.17) is 0 Å². The Kier molecular flexibility index (Phi) is 3.50. The first-order valence-corrected chi connectivity index (χ1v) is 9.04. The molecule has 1 aliphatic heterocycles. The van der Waals surface area contributed by atoms with Crippen LogP contribution in [-0.4, -0.2) is 13.8 Å². The SMILES string of the molecule is CC(C)(C)C1=C[I-]C=NC(c2cnn3ccccc23)=C1. The molecule has 0 saturated heterocycles. The number of nitrogens with zero attached hydrogens (tertiary/aromatic N) is 3. The third-order valence-corrected chi connectivity index (χ3v) is 4.92. The summed E-state index contributed by atoms with van der Waals surface area (Å²) >= 11 is -0.100. The molecule has 104 valence electrons. The Labute approximate surface area is 129 Å². The number of hydrogen-bond donors (Lipinski definition) is 0. The summed E-state index contributed by atoms with van der Waals surface area (Å²) in [5.74, 6) is 0. The van der Waals surface area contributed by atoms with Crippen LogP contribution in [0.3, 0.4) is 0 Å². The van der Waals surface area contributed by atoms with Crippen molar-refractivity contribution in [1.29, 1.82) is 0 Å². The molecule has 0 atom stereocenters. The molecule has 1 aliphatic rings. The Morgan fingerprint density at radius 2 is 2.05 bits per heavy atom. The maximum atomic E-state index is 4.66. The number of aromatic nitrogens is 2. The molecule has 0 amide bonds. The van der Waals surface area contributed by atoms with Gasteiger partial charge in [-0.15, -0.1) is 0 Å². The molecule has 2 aromatic rings. The molecule has 0 radical (unpaired) electrons. The van der Waals surface area contributed by atoms with Crippen molar-refractivity contribution in [3.8, 4) is 0 Å². The third kappa shape index (κ3) is 2.57. The molecule has 3 rings (SSSR count). The zero-order chi connectivity index (χ0) is 14.2. The minimum absolute atomic E-state index is 0.100. The van der Waals surface area contributed by atoms with Gasteiger partial charge in [-0.3, -0.25) is 0 Å². The topological polar surface area (TPSA) is 29.7 Å². The molecule has 0 saturated carbocycles. The minimum atomic E-state index is -0.100. The van der Waals surface area contributed by atoms with Gasteiger partial charge in [-0.2, -0.15) is 0 Å². The van der Waals surface area contributed by atoms with Crippen LogP contribution in [0.5, 0.6) is 0 Å². The predicted octanol–water partition coefficient (Wildman–Crippen LogP) is 0.736. The van der Waals surface area contributed by atoms with Crippen molar-refractivity contribution in [2.24, 2.45) is 10.4 Å². The number of halogens is 1. The first-order valence-electron chi connectivity index (χ1n) is 6.55. The van der Waals surface area contributed by atoms with Gasteiger partial charge in [0.2, 0.25) is 0 Å². The van der Waals surface area contributed by atoms with Crippen molar-refractivity contribution < 1.29 is 21.2 Å². The van der Waals surface area contributed by atoms with Crippen molar-refractivity contribution in [1.82, 2.24) is 9.61 Å². The van der Waals surface area contributed by atoms with E-state index in [1.54, 1.807) is 0 Å². The quantitative estimate of drug-likeness (QED) is 0.674. The molecular weight excluding hydrogens is 361 g/mol. The molecular formula is C16H17IN3-. The second-order valence-corrected chi connectivity index (χ2v) is 7.68. The molecule has 20 heavy (non-hydrogen) atoms. The Hall–Kier alpha value is -1.43. The molecule has 0 aliphatic carbocycles. The number of pyridine rings is 1. The summed E-state index contributed by atoms with van der Waals surface area (Å²) in [6, 6.07) is 6.11. The Balaban J connectivity index is 2.13. The summed E-state index contributed by atoms with van der Waals surface area (Å²) < 4.78 is 6.34. The van der Waals surface area contributed by atoms with E-state index in [1.807, 2.05) is 29.0 Å². The van der Waals surface area contributed by atoms with E-state index >= 15 is 0 Å². The van der Waals surface area contributed by atoms with Crippen molar-refractivity contribution in [3.63, 3.8) is 0 Å². The Morgan fingerprint density at radius 1 is 1.20 bits per heavy atom. The van der Waals surface area contributed by atoms with E-state index in [9.17, 15) is 0 Å². The van der Waals surface area contributed by atoms with Gasteiger partial charge >= 0.3 is 129 Å². The summed E-state index contributed by atoms with van der Waals surface area (Å²) in [6.07, 6.45) is 6.09. The van der Waals surface area contributed by atoms with Crippen LogP contribution in [0.1, 0.15) is 26.3 Å². The molecule has 3 heterocycles. The van der Waals surface area contributed by atoms with Gasteiger partial charge in [0.05, 0.1) is 0 Å². The standard InChI is InChI=1S/C16H17IN3/c1-16(2,3)12-8-14(18-11-17-9-12)13-10-19-20-7-5-4-6-15(13)20/h4-11H,1-3H3/q-1. The zero-order valence-electron chi connectivity index (χ0n) is 11.8. The first-order chi connectivity index (χ1) is 9.55. The van der Waals surface area contributed by atoms with Gasteiger partial charge in [0.25, 0.3) is 0 Å². The van der Waals surface area contributed by atoms with Gasteiger partial charge in [-0.05, 0) is 0 Å². The van der Waals surface area contributed by atoms with Crippen LogP contribution in [0.2, 0.25) is 0 Å². The van der Waals surface area contributed by atoms with Gasteiger partial charge in [0, 0.05) is 0 Å². The molecule has 0 aromatic carbocycles. The Morgan fingerprint density at radius 3 is 2.85 bits per heavy atom. The number of allylic oxidation sites excluding steroid dienone is 2. The second-order valence-electron chi connectivity index (χ2n) is 5.79. The summed E-state index contributed by atoms with van der Waals surface area (Å²) in [6.45, 7) is 6.74. The van der Waals surface area contributed by atoms with E-state index in [0.29, 0.717) is 0 Å². The molecule has 0 fully saturated rings. The van der Waals surface area contributed by atoms with Crippen LogP contribution in [-0.2, 0) is 0 Å². The van der Waals surface area contributed by atoms with Crippen LogP contribution in [0.4, 0.5) is 0 Å². The molecule has 0 bridgehead atoms. The van der Waals surface area contributed by atoms with Crippen LogP contribution in [0.15, 0.2) is 51.3 Å². The van der Waals surface area contributed by atoms with Gasteiger partial charge in [0.15, 0.2) is 0 Å². The predicted molar refractivity (Wildman–Crippen MR) is 79.2 cm³/mol. The van der Waals surface area contributed by atoms with Crippen LogP contribution in [0, 0.1) is 5.41 Å². The number of fused-ring (bicyclic) bond motifs is 1. The van der Waals surface area contributed by atoms with Gasteiger partial charge in [-0.25, -0.2) is 0 Å².